The number of rotatable bonds is 3. The van der Waals surface area contributed by atoms with Crippen LogP contribution < -0.4 is 9.64 Å². The van der Waals surface area contributed by atoms with Crippen molar-refractivity contribution < 1.29 is 9.13 Å². The summed E-state index contributed by atoms with van der Waals surface area (Å²) in [4.78, 5) is 14.1. The zero-order valence-corrected chi connectivity index (χ0v) is 13.5. The third-order valence-corrected chi connectivity index (χ3v) is 5.82. The van der Waals surface area contributed by atoms with E-state index in [-0.39, 0.29) is 22.6 Å². The van der Waals surface area contributed by atoms with Crippen molar-refractivity contribution in [2.24, 2.45) is 0 Å². The molecular formula is C16H14FN5OS. The number of thioether (sulfide) groups is 1. The number of anilines is 1. The quantitative estimate of drug-likeness (QED) is 0.844. The Morgan fingerprint density at radius 3 is 2.83 bits per heavy atom. The Morgan fingerprint density at radius 2 is 2.12 bits per heavy atom. The predicted molar refractivity (Wildman–Crippen MR) is 87.4 cm³/mol. The van der Waals surface area contributed by atoms with Crippen molar-refractivity contribution in [1.29, 1.82) is 5.26 Å². The van der Waals surface area contributed by atoms with E-state index in [9.17, 15) is 4.39 Å². The lowest BCUT2D eigenvalue weighted by molar-refractivity contribution is 0.186. The highest BCUT2D eigenvalue weighted by Gasteiger charge is 2.50. The summed E-state index contributed by atoms with van der Waals surface area (Å²) >= 11 is 1.86. The summed E-state index contributed by atoms with van der Waals surface area (Å²) in [6, 6.07) is 4.82. The van der Waals surface area contributed by atoms with Crippen LogP contribution in [0, 0.1) is 17.1 Å². The standard InChI is InChI=1S/C16H14FN5OS/c17-13-2-1-3-19-15(13)23-12-4-16(24-8-12)9-22(10-16)11-6-20-14(5-18)21-7-11/h1-3,6-7,12H,4,8-10H2/t12-/m0/s1. The Hall–Kier alpha value is -2.40. The van der Waals surface area contributed by atoms with Crippen LogP contribution in [0.4, 0.5) is 10.1 Å². The smallest absolute Gasteiger partial charge is 0.250 e. The molecule has 0 bridgehead atoms. The lowest BCUT2D eigenvalue weighted by Crippen LogP contribution is -2.59. The Labute approximate surface area is 142 Å². The van der Waals surface area contributed by atoms with Crippen LogP contribution >= 0.6 is 11.8 Å². The lowest BCUT2D eigenvalue weighted by atomic mass is 9.92. The molecule has 2 saturated heterocycles. The van der Waals surface area contributed by atoms with Crippen LogP contribution in [0.3, 0.4) is 0 Å². The molecule has 0 saturated carbocycles. The van der Waals surface area contributed by atoms with E-state index in [1.165, 1.54) is 12.3 Å². The Morgan fingerprint density at radius 1 is 1.33 bits per heavy atom. The Kier molecular flexibility index (Phi) is 3.73. The van der Waals surface area contributed by atoms with Gasteiger partial charge in [-0.25, -0.2) is 19.3 Å². The molecule has 0 unspecified atom stereocenters. The summed E-state index contributed by atoms with van der Waals surface area (Å²) in [6.45, 7) is 1.75. The van der Waals surface area contributed by atoms with Crippen molar-refractivity contribution in [2.45, 2.75) is 17.3 Å². The first-order chi connectivity index (χ1) is 11.7. The highest BCUT2D eigenvalue weighted by Crippen LogP contribution is 2.47. The van der Waals surface area contributed by atoms with E-state index in [2.05, 4.69) is 19.9 Å². The van der Waals surface area contributed by atoms with Gasteiger partial charge in [-0.2, -0.15) is 5.26 Å². The molecule has 0 radical (unpaired) electrons. The maximum atomic E-state index is 13.6. The van der Waals surface area contributed by atoms with Gasteiger partial charge < -0.3 is 9.64 Å². The summed E-state index contributed by atoms with van der Waals surface area (Å²) in [5.41, 5.74) is 0.917. The summed E-state index contributed by atoms with van der Waals surface area (Å²) < 4.78 is 19.5. The van der Waals surface area contributed by atoms with E-state index in [0.717, 1.165) is 31.0 Å². The fourth-order valence-electron chi connectivity index (χ4n) is 3.09. The fourth-order valence-corrected chi connectivity index (χ4v) is 4.61. The SMILES string of the molecule is N#Cc1ncc(N2CC3(C[C@H](Oc4ncccc4F)CS3)C2)cn1. The number of nitriles is 1. The molecule has 0 amide bonds. The molecule has 2 aromatic rings. The molecule has 6 nitrogen and oxygen atoms in total. The molecule has 4 heterocycles. The minimum absolute atomic E-state index is 0.0289. The average molecular weight is 343 g/mol. The van der Waals surface area contributed by atoms with Crippen molar-refractivity contribution in [3.8, 4) is 11.9 Å². The van der Waals surface area contributed by atoms with Gasteiger partial charge in [-0.3, -0.25) is 0 Å². The van der Waals surface area contributed by atoms with Crippen molar-refractivity contribution in [2.75, 3.05) is 23.7 Å². The summed E-state index contributed by atoms with van der Waals surface area (Å²) in [7, 11) is 0. The monoisotopic (exact) mass is 343 g/mol. The molecule has 8 heteroatoms. The van der Waals surface area contributed by atoms with Gasteiger partial charge in [-0.05, 0) is 12.1 Å². The largest absolute Gasteiger partial charge is 0.471 e. The minimum atomic E-state index is -0.423. The van der Waals surface area contributed by atoms with Gasteiger partial charge in [0.1, 0.15) is 12.2 Å². The molecule has 0 aromatic carbocycles. The van der Waals surface area contributed by atoms with Gasteiger partial charge in [0, 0.05) is 31.5 Å². The molecule has 4 rings (SSSR count). The third kappa shape index (κ3) is 2.76. The van der Waals surface area contributed by atoms with E-state index < -0.39 is 5.82 Å². The van der Waals surface area contributed by atoms with Crippen molar-refractivity contribution in [3.63, 3.8) is 0 Å². The molecule has 24 heavy (non-hydrogen) atoms. The maximum Gasteiger partial charge on any atom is 0.250 e. The zero-order valence-electron chi connectivity index (χ0n) is 12.7. The van der Waals surface area contributed by atoms with E-state index in [1.54, 1.807) is 18.5 Å². The molecule has 2 aliphatic rings. The van der Waals surface area contributed by atoms with Crippen molar-refractivity contribution in [3.05, 3.63) is 42.4 Å². The molecule has 2 aliphatic heterocycles. The molecular weight excluding hydrogens is 329 g/mol. The molecule has 1 spiro atoms. The summed E-state index contributed by atoms with van der Waals surface area (Å²) in [5.74, 6) is 0.661. The number of aromatic nitrogens is 3. The Balaban J connectivity index is 1.36. The van der Waals surface area contributed by atoms with Crippen LogP contribution in [0.2, 0.25) is 0 Å². The first-order valence-electron chi connectivity index (χ1n) is 7.56. The molecule has 1 atom stereocenters. The maximum absolute atomic E-state index is 13.6. The molecule has 0 aliphatic carbocycles. The molecule has 122 valence electrons. The first-order valence-corrected chi connectivity index (χ1v) is 8.54. The van der Waals surface area contributed by atoms with Crippen LogP contribution in [-0.2, 0) is 0 Å². The first kappa shape index (κ1) is 15.1. The summed E-state index contributed by atoms with van der Waals surface area (Å²) in [5, 5.41) is 8.74. The number of pyridine rings is 1. The van der Waals surface area contributed by atoms with Gasteiger partial charge in [-0.1, -0.05) is 0 Å². The Bertz CT molecular complexity index is 788. The highest BCUT2D eigenvalue weighted by atomic mass is 32.2. The van der Waals surface area contributed by atoms with E-state index in [1.807, 2.05) is 17.8 Å². The van der Waals surface area contributed by atoms with Gasteiger partial charge in [0.25, 0.3) is 5.88 Å². The number of hydrogen-bond acceptors (Lipinski definition) is 7. The number of halogens is 1. The van der Waals surface area contributed by atoms with Crippen LogP contribution in [0.5, 0.6) is 5.88 Å². The van der Waals surface area contributed by atoms with Crippen molar-refractivity contribution >= 4 is 17.4 Å². The third-order valence-electron chi connectivity index (χ3n) is 4.24. The van der Waals surface area contributed by atoms with Gasteiger partial charge in [-0.15, -0.1) is 11.8 Å². The van der Waals surface area contributed by atoms with Crippen molar-refractivity contribution in [1.82, 2.24) is 15.0 Å². The zero-order chi connectivity index (χ0) is 16.6. The second-order valence-corrected chi connectivity index (χ2v) is 7.45. The van der Waals surface area contributed by atoms with Crippen LogP contribution in [0.25, 0.3) is 0 Å². The highest BCUT2D eigenvalue weighted by molar-refractivity contribution is 8.01. The molecule has 2 fully saturated rings. The van der Waals surface area contributed by atoms with Crippen LogP contribution in [0.15, 0.2) is 30.7 Å². The molecule has 0 N–H and O–H groups in total. The number of nitrogens with zero attached hydrogens (tertiary/aromatic N) is 5. The van der Waals surface area contributed by atoms with Crippen LogP contribution in [-0.4, -0.2) is 44.6 Å². The normalized spacial score (nSPS) is 21.3. The second-order valence-electron chi connectivity index (χ2n) is 5.96. The van der Waals surface area contributed by atoms with E-state index in [4.69, 9.17) is 10.00 Å². The number of hydrogen-bond donors (Lipinski definition) is 0. The lowest BCUT2D eigenvalue weighted by Gasteiger charge is -2.48. The molecule has 2 aromatic heterocycles. The van der Waals surface area contributed by atoms with E-state index >= 15 is 0 Å². The average Bonchev–Trinajstić information content (AvgIpc) is 3.00. The van der Waals surface area contributed by atoms with Gasteiger partial charge >= 0.3 is 0 Å². The van der Waals surface area contributed by atoms with Gasteiger partial charge in [0.05, 0.1) is 22.8 Å². The summed E-state index contributed by atoms with van der Waals surface area (Å²) in [6.07, 6.45) is 5.72. The van der Waals surface area contributed by atoms with Gasteiger partial charge in [0.15, 0.2) is 5.82 Å². The number of ether oxygens (including phenoxy) is 1. The van der Waals surface area contributed by atoms with E-state index in [0.29, 0.717) is 0 Å². The fraction of sp³-hybridized carbons (Fsp3) is 0.375. The minimum Gasteiger partial charge on any atom is -0.471 e. The predicted octanol–water partition coefficient (Wildman–Crippen LogP) is 2.03. The van der Waals surface area contributed by atoms with Gasteiger partial charge in [0.2, 0.25) is 5.82 Å². The topological polar surface area (TPSA) is 74.9 Å². The second kappa shape index (κ2) is 5.91. The van der Waals surface area contributed by atoms with Crippen LogP contribution in [0.1, 0.15) is 12.2 Å².